The third kappa shape index (κ3) is 4.85. The van der Waals surface area contributed by atoms with E-state index in [1.165, 1.54) is 0 Å². The van der Waals surface area contributed by atoms with Gasteiger partial charge in [0, 0.05) is 42.4 Å². The van der Waals surface area contributed by atoms with E-state index in [1.807, 2.05) is 37.3 Å². The SMILES string of the molecule is Cc1cc(N2CCOCC2)nc(Nc2ccc(NC(=O)c3ccccn3)cc2)n1. The summed E-state index contributed by atoms with van der Waals surface area (Å²) in [6.07, 6.45) is 1.59. The summed E-state index contributed by atoms with van der Waals surface area (Å²) in [5.74, 6) is 1.18. The molecule has 2 N–H and O–H groups in total. The van der Waals surface area contributed by atoms with Crippen LogP contribution < -0.4 is 15.5 Å². The summed E-state index contributed by atoms with van der Waals surface area (Å²) in [6, 6.07) is 14.6. The molecule has 0 bridgehead atoms. The fourth-order valence-corrected chi connectivity index (χ4v) is 3.02. The monoisotopic (exact) mass is 390 g/mol. The molecule has 4 rings (SSSR count). The Hall–Kier alpha value is -3.52. The average Bonchev–Trinajstić information content (AvgIpc) is 2.76. The molecule has 8 nitrogen and oxygen atoms in total. The molecule has 1 saturated heterocycles. The van der Waals surface area contributed by atoms with Gasteiger partial charge in [0.05, 0.1) is 13.2 Å². The zero-order chi connectivity index (χ0) is 20.1. The number of benzene rings is 1. The molecule has 0 radical (unpaired) electrons. The second-order valence-electron chi connectivity index (χ2n) is 6.66. The van der Waals surface area contributed by atoms with Crippen LogP contribution in [0.4, 0.5) is 23.1 Å². The predicted molar refractivity (Wildman–Crippen MR) is 112 cm³/mol. The second-order valence-corrected chi connectivity index (χ2v) is 6.66. The van der Waals surface area contributed by atoms with Gasteiger partial charge in [0.1, 0.15) is 11.5 Å². The minimum Gasteiger partial charge on any atom is -0.378 e. The normalized spacial score (nSPS) is 13.8. The van der Waals surface area contributed by atoms with Crippen molar-refractivity contribution in [2.45, 2.75) is 6.92 Å². The van der Waals surface area contributed by atoms with Gasteiger partial charge < -0.3 is 20.3 Å². The zero-order valence-electron chi connectivity index (χ0n) is 16.1. The Morgan fingerprint density at radius 2 is 1.79 bits per heavy atom. The van der Waals surface area contributed by atoms with E-state index in [-0.39, 0.29) is 5.91 Å². The van der Waals surface area contributed by atoms with Crippen molar-refractivity contribution in [3.05, 3.63) is 66.1 Å². The van der Waals surface area contributed by atoms with Gasteiger partial charge in [-0.1, -0.05) is 6.07 Å². The molecule has 29 heavy (non-hydrogen) atoms. The lowest BCUT2D eigenvalue weighted by atomic mass is 10.2. The highest BCUT2D eigenvalue weighted by Crippen LogP contribution is 2.21. The van der Waals surface area contributed by atoms with Crippen molar-refractivity contribution in [3.63, 3.8) is 0 Å². The van der Waals surface area contributed by atoms with Crippen LogP contribution in [-0.2, 0) is 4.74 Å². The summed E-state index contributed by atoms with van der Waals surface area (Å²) in [6.45, 7) is 5.00. The maximum atomic E-state index is 12.2. The van der Waals surface area contributed by atoms with E-state index in [2.05, 4.69) is 30.5 Å². The fraction of sp³-hybridized carbons (Fsp3) is 0.238. The molecule has 0 spiro atoms. The minimum atomic E-state index is -0.247. The van der Waals surface area contributed by atoms with Crippen LogP contribution in [0.2, 0.25) is 0 Å². The average molecular weight is 390 g/mol. The molecular weight excluding hydrogens is 368 g/mol. The highest BCUT2D eigenvalue weighted by molar-refractivity contribution is 6.02. The molecule has 0 aliphatic carbocycles. The number of aryl methyl sites for hydroxylation is 1. The number of nitrogens with one attached hydrogen (secondary N) is 2. The number of pyridine rings is 1. The van der Waals surface area contributed by atoms with E-state index in [0.717, 1.165) is 30.3 Å². The highest BCUT2D eigenvalue weighted by atomic mass is 16.5. The number of rotatable bonds is 5. The van der Waals surface area contributed by atoms with Gasteiger partial charge in [0.2, 0.25) is 5.95 Å². The van der Waals surface area contributed by atoms with E-state index in [0.29, 0.717) is 30.5 Å². The Labute approximate surface area is 169 Å². The van der Waals surface area contributed by atoms with Crippen LogP contribution >= 0.6 is 0 Å². The first-order valence-corrected chi connectivity index (χ1v) is 9.45. The van der Waals surface area contributed by atoms with Crippen molar-refractivity contribution >= 4 is 29.0 Å². The Morgan fingerprint density at radius 1 is 1.03 bits per heavy atom. The molecule has 1 amide bonds. The second kappa shape index (κ2) is 8.66. The number of anilines is 4. The lowest BCUT2D eigenvalue weighted by Gasteiger charge is -2.28. The summed E-state index contributed by atoms with van der Waals surface area (Å²) < 4.78 is 5.41. The van der Waals surface area contributed by atoms with Gasteiger partial charge in [-0.3, -0.25) is 9.78 Å². The van der Waals surface area contributed by atoms with Crippen LogP contribution in [0, 0.1) is 6.92 Å². The predicted octanol–water partition coefficient (Wildman–Crippen LogP) is 3.01. The van der Waals surface area contributed by atoms with Gasteiger partial charge in [0.15, 0.2) is 0 Å². The molecule has 2 aromatic heterocycles. The Kier molecular flexibility index (Phi) is 5.62. The molecule has 3 heterocycles. The van der Waals surface area contributed by atoms with Crippen molar-refractivity contribution in [1.29, 1.82) is 0 Å². The number of ether oxygens (including phenoxy) is 1. The van der Waals surface area contributed by atoms with Gasteiger partial charge in [-0.25, -0.2) is 4.98 Å². The van der Waals surface area contributed by atoms with Crippen LogP contribution in [0.1, 0.15) is 16.2 Å². The number of nitrogens with zero attached hydrogens (tertiary/aromatic N) is 4. The Balaban J connectivity index is 1.43. The first-order chi connectivity index (χ1) is 14.2. The fourth-order valence-electron chi connectivity index (χ4n) is 3.02. The lowest BCUT2D eigenvalue weighted by Crippen LogP contribution is -2.36. The molecule has 0 atom stereocenters. The summed E-state index contributed by atoms with van der Waals surface area (Å²) in [7, 11) is 0. The zero-order valence-corrected chi connectivity index (χ0v) is 16.1. The minimum absolute atomic E-state index is 0.247. The van der Waals surface area contributed by atoms with Gasteiger partial charge in [-0.2, -0.15) is 4.98 Å². The Morgan fingerprint density at radius 3 is 2.52 bits per heavy atom. The topological polar surface area (TPSA) is 92.3 Å². The number of hydrogen-bond donors (Lipinski definition) is 2. The molecule has 8 heteroatoms. The number of hydrogen-bond acceptors (Lipinski definition) is 7. The number of carbonyl (C=O) groups is 1. The number of carbonyl (C=O) groups excluding carboxylic acids is 1. The molecule has 1 aliphatic rings. The van der Waals surface area contributed by atoms with Crippen LogP contribution in [-0.4, -0.2) is 47.2 Å². The standard InChI is InChI=1S/C21H22N6O2/c1-15-14-19(27-10-12-29-13-11-27)26-21(23-15)25-17-7-5-16(6-8-17)24-20(28)18-4-2-3-9-22-18/h2-9,14H,10-13H2,1H3,(H,24,28)(H,23,25,26). The van der Waals surface area contributed by atoms with Crippen LogP contribution in [0.25, 0.3) is 0 Å². The van der Waals surface area contributed by atoms with Gasteiger partial charge in [-0.05, 0) is 43.3 Å². The van der Waals surface area contributed by atoms with E-state index in [9.17, 15) is 4.79 Å². The van der Waals surface area contributed by atoms with E-state index in [1.54, 1.807) is 24.4 Å². The van der Waals surface area contributed by atoms with Crippen molar-refractivity contribution < 1.29 is 9.53 Å². The molecule has 0 unspecified atom stereocenters. The largest absolute Gasteiger partial charge is 0.378 e. The third-order valence-electron chi connectivity index (χ3n) is 4.47. The first kappa shape index (κ1) is 18.8. The number of amides is 1. The van der Waals surface area contributed by atoms with Crippen molar-refractivity contribution in [2.24, 2.45) is 0 Å². The van der Waals surface area contributed by atoms with Crippen LogP contribution in [0.3, 0.4) is 0 Å². The number of aromatic nitrogens is 3. The van der Waals surface area contributed by atoms with Gasteiger partial charge in [0.25, 0.3) is 5.91 Å². The molecule has 1 aromatic carbocycles. The summed E-state index contributed by atoms with van der Waals surface area (Å²) >= 11 is 0. The summed E-state index contributed by atoms with van der Waals surface area (Å²) in [5, 5.41) is 6.06. The Bertz CT molecular complexity index is 972. The molecule has 1 fully saturated rings. The third-order valence-corrected chi connectivity index (χ3v) is 4.47. The smallest absolute Gasteiger partial charge is 0.274 e. The van der Waals surface area contributed by atoms with Crippen LogP contribution in [0.15, 0.2) is 54.7 Å². The maximum absolute atomic E-state index is 12.2. The van der Waals surface area contributed by atoms with E-state index in [4.69, 9.17) is 4.74 Å². The first-order valence-electron chi connectivity index (χ1n) is 9.45. The van der Waals surface area contributed by atoms with E-state index >= 15 is 0 Å². The van der Waals surface area contributed by atoms with Crippen molar-refractivity contribution in [1.82, 2.24) is 15.0 Å². The van der Waals surface area contributed by atoms with Gasteiger partial charge >= 0.3 is 0 Å². The summed E-state index contributed by atoms with van der Waals surface area (Å²) in [5.41, 5.74) is 2.78. The highest BCUT2D eigenvalue weighted by Gasteiger charge is 2.14. The molecule has 148 valence electrons. The maximum Gasteiger partial charge on any atom is 0.274 e. The molecule has 1 aliphatic heterocycles. The molecule has 0 saturated carbocycles. The molecule has 3 aromatic rings. The van der Waals surface area contributed by atoms with E-state index < -0.39 is 0 Å². The quantitative estimate of drug-likeness (QED) is 0.692. The van der Waals surface area contributed by atoms with Crippen molar-refractivity contribution in [3.8, 4) is 0 Å². The summed E-state index contributed by atoms with van der Waals surface area (Å²) in [4.78, 5) is 27.5. The van der Waals surface area contributed by atoms with Crippen LogP contribution in [0.5, 0.6) is 0 Å². The lowest BCUT2D eigenvalue weighted by molar-refractivity contribution is 0.102. The van der Waals surface area contributed by atoms with Gasteiger partial charge in [-0.15, -0.1) is 0 Å². The van der Waals surface area contributed by atoms with Crippen molar-refractivity contribution in [2.75, 3.05) is 41.8 Å². The number of morpholine rings is 1. The molecular formula is C21H22N6O2.